The van der Waals surface area contributed by atoms with Gasteiger partial charge in [0.1, 0.15) is 6.17 Å². The highest BCUT2D eigenvalue weighted by Crippen LogP contribution is 2.48. The Morgan fingerprint density at radius 1 is 1.35 bits per heavy atom. The molecule has 0 aliphatic carbocycles. The van der Waals surface area contributed by atoms with Crippen molar-refractivity contribution in [2.24, 2.45) is 0 Å². The fraction of sp³-hybridized carbons (Fsp3) is 0.333. The molecule has 2 N–H and O–H groups in total. The number of rotatable bonds is 4. The Morgan fingerprint density at radius 3 is 2.92 bits per heavy atom. The number of hydrogen-bond acceptors (Lipinski definition) is 7. The number of ether oxygens (including phenoxy) is 3. The number of fused-ring (bicyclic) bond motifs is 2. The van der Waals surface area contributed by atoms with Crippen molar-refractivity contribution in [3.05, 3.63) is 47.3 Å². The Labute approximate surface area is 151 Å². The maximum absolute atomic E-state index is 12.4. The third kappa shape index (κ3) is 2.83. The first kappa shape index (κ1) is 16.6. The van der Waals surface area contributed by atoms with Crippen LogP contribution in [-0.2, 0) is 6.42 Å². The molecule has 8 heteroatoms. The largest absolute Gasteiger partial charge is 0.492 e. The first-order valence-corrected chi connectivity index (χ1v) is 8.34. The van der Waals surface area contributed by atoms with Crippen molar-refractivity contribution in [2.75, 3.05) is 27.5 Å². The summed E-state index contributed by atoms with van der Waals surface area (Å²) in [5, 5.41) is 0. The van der Waals surface area contributed by atoms with E-state index in [-0.39, 0.29) is 18.9 Å². The topological polar surface area (TPSA) is 85.0 Å². The molecule has 3 heterocycles. The van der Waals surface area contributed by atoms with Gasteiger partial charge in [-0.2, -0.15) is 0 Å². The second kappa shape index (κ2) is 6.81. The summed E-state index contributed by atoms with van der Waals surface area (Å²) in [5.74, 6) is 1.71. The van der Waals surface area contributed by atoms with Gasteiger partial charge in [0.15, 0.2) is 11.5 Å². The monoisotopic (exact) mass is 356 g/mol. The summed E-state index contributed by atoms with van der Waals surface area (Å²) < 4.78 is 16.7. The summed E-state index contributed by atoms with van der Waals surface area (Å²) in [6, 6.07) is 5.31. The fourth-order valence-corrected chi connectivity index (χ4v) is 3.32. The van der Waals surface area contributed by atoms with Crippen molar-refractivity contribution in [1.29, 1.82) is 0 Å². The lowest BCUT2D eigenvalue weighted by atomic mass is 9.95. The number of carbonyl (C=O) groups is 1. The van der Waals surface area contributed by atoms with Crippen LogP contribution in [0.3, 0.4) is 0 Å². The number of pyridine rings is 1. The Bertz CT molecular complexity index is 828. The SMILES string of the molecule is COc1c2c(cc3c1[C@H](NNC(=O)c1ccncc1)N(C)CC3)OCO2. The number of amides is 1. The van der Waals surface area contributed by atoms with E-state index in [2.05, 4.69) is 20.7 Å². The first-order valence-electron chi connectivity index (χ1n) is 8.34. The van der Waals surface area contributed by atoms with Gasteiger partial charge in [-0.15, -0.1) is 0 Å². The van der Waals surface area contributed by atoms with E-state index in [1.54, 1.807) is 31.6 Å². The van der Waals surface area contributed by atoms with E-state index < -0.39 is 0 Å². The smallest absolute Gasteiger partial charge is 0.265 e. The molecule has 4 rings (SSSR count). The van der Waals surface area contributed by atoms with Crippen LogP contribution in [-0.4, -0.2) is 43.3 Å². The molecule has 2 aromatic rings. The zero-order valence-corrected chi connectivity index (χ0v) is 14.6. The van der Waals surface area contributed by atoms with Crippen molar-refractivity contribution in [2.45, 2.75) is 12.6 Å². The minimum absolute atomic E-state index is 0.182. The molecule has 0 saturated carbocycles. The van der Waals surface area contributed by atoms with E-state index in [9.17, 15) is 4.79 Å². The average Bonchev–Trinajstić information content (AvgIpc) is 3.14. The molecule has 0 bridgehead atoms. The number of aromatic nitrogens is 1. The van der Waals surface area contributed by atoms with Gasteiger partial charge in [-0.05, 0) is 37.2 Å². The van der Waals surface area contributed by atoms with Crippen LogP contribution in [0.25, 0.3) is 0 Å². The summed E-state index contributed by atoms with van der Waals surface area (Å²) in [6.07, 6.45) is 3.77. The molecule has 1 aromatic carbocycles. The Balaban J connectivity index is 1.63. The van der Waals surface area contributed by atoms with Gasteiger partial charge in [-0.25, -0.2) is 5.43 Å². The summed E-state index contributed by atoms with van der Waals surface area (Å²) >= 11 is 0. The lowest BCUT2D eigenvalue weighted by Crippen LogP contribution is -2.48. The Hall–Kier alpha value is -2.84. The second-order valence-electron chi connectivity index (χ2n) is 6.18. The lowest BCUT2D eigenvalue weighted by Gasteiger charge is -2.36. The van der Waals surface area contributed by atoms with Crippen molar-refractivity contribution in [3.8, 4) is 17.2 Å². The summed E-state index contributed by atoms with van der Waals surface area (Å²) in [4.78, 5) is 18.4. The van der Waals surface area contributed by atoms with E-state index in [4.69, 9.17) is 14.2 Å². The molecule has 8 nitrogen and oxygen atoms in total. The predicted molar refractivity (Wildman–Crippen MR) is 93.0 cm³/mol. The normalized spacial score (nSPS) is 18.3. The summed E-state index contributed by atoms with van der Waals surface area (Å²) in [7, 11) is 3.60. The maximum atomic E-state index is 12.4. The second-order valence-corrected chi connectivity index (χ2v) is 6.18. The lowest BCUT2D eigenvalue weighted by molar-refractivity contribution is 0.0878. The quantitative estimate of drug-likeness (QED) is 0.797. The molecule has 1 amide bonds. The van der Waals surface area contributed by atoms with Crippen LogP contribution in [0.2, 0.25) is 0 Å². The predicted octanol–water partition coefficient (Wildman–Crippen LogP) is 1.24. The van der Waals surface area contributed by atoms with Crippen molar-refractivity contribution in [3.63, 3.8) is 0 Å². The maximum Gasteiger partial charge on any atom is 0.265 e. The number of nitrogens with one attached hydrogen (secondary N) is 2. The van der Waals surface area contributed by atoms with E-state index in [0.717, 1.165) is 24.1 Å². The molecule has 0 spiro atoms. The number of benzene rings is 1. The minimum Gasteiger partial charge on any atom is -0.492 e. The molecule has 2 aliphatic rings. The van der Waals surface area contributed by atoms with Crippen molar-refractivity contribution in [1.82, 2.24) is 20.7 Å². The molecule has 0 saturated heterocycles. The molecule has 1 aromatic heterocycles. The Morgan fingerprint density at radius 2 is 2.15 bits per heavy atom. The van der Waals surface area contributed by atoms with Gasteiger partial charge < -0.3 is 14.2 Å². The van der Waals surface area contributed by atoms with Gasteiger partial charge >= 0.3 is 0 Å². The summed E-state index contributed by atoms with van der Waals surface area (Å²) in [5.41, 5.74) is 8.48. The molecular formula is C18H20N4O4. The summed E-state index contributed by atoms with van der Waals surface area (Å²) in [6.45, 7) is 1.01. The van der Waals surface area contributed by atoms with Crippen LogP contribution >= 0.6 is 0 Å². The van der Waals surface area contributed by atoms with Crippen LogP contribution in [0.4, 0.5) is 0 Å². The molecule has 26 heavy (non-hydrogen) atoms. The number of hydrogen-bond donors (Lipinski definition) is 2. The van der Waals surface area contributed by atoms with Crippen molar-refractivity contribution >= 4 is 5.91 Å². The van der Waals surface area contributed by atoms with Gasteiger partial charge in [-0.1, -0.05) is 0 Å². The fourth-order valence-electron chi connectivity index (χ4n) is 3.32. The van der Waals surface area contributed by atoms with E-state index in [1.165, 1.54) is 0 Å². The van der Waals surface area contributed by atoms with Crippen LogP contribution in [0.5, 0.6) is 17.2 Å². The zero-order valence-electron chi connectivity index (χ0n) is 14.6. The third-order valence-electron chi connectivity index (χ3n) is 4.66. The minimum atomic E-state index is -0.256. The first-order chi connectivity index (χ1) is 12.7. The molecule has 0 radical (unpaired) electrons. The number of hydrazine groups is 1. The number of likely N-dealkylation sites (N-methyl/N-ethyl adjacent to an activating group) is 1. The van der Waals surface area contributed by atoms with E-state index >= 15 is 0 Å². The number of methoxy groups -OCH3 is 1. The van der Waals surface area contributed by atoms with Crippen LogP contribution in [0.15, 0.2) is 30.6 Å². The molecule has 136 valence electrons. The van der Waals surface area contributed by atoms with Crippen molar-refractivity contribution < 1.29 is 19.0 Å². The van der Waals surface area contributed by atoms with E-state index in [0.29, 0.717) is 22.8 Å². The van der Waals surface area contributed by atoms with Crippen LogP contribution in [0, 0.1) is 0 Å². The highest BCUT2D eigenvalue weighted by atomic mass is 16.7. The highest BCUT2D eigenvalue weighted by molar-refractivity contribution is 5.93. The zero-order chi connectivity index (χ0) is 18.1. The number of nitrogens with zero attached hydrogens (tertiary/aromatic N) is 2. The van der Waals surface area contributed by atoms with Crippen LogP contribution in [0.1, 0.15) is 27.7 Å². The molecular weight excluding hydrogens is 336 g/mol. The molecule has 0 unspecified atom stereocenters. The number of carbonyl (C=O) groups excluding carboxylic acids is 1. The van der Waals surface area contributed by atoms with Crippen LogP contribution < -0.4 is 25.1 Å². The Kier molecular flexibility index (Phi) is 4.36. The molecule has 2 aliphatic heterocycles. The van der Waals surface area contributed by atoms with E-state index in [1.807, 2.05) is 13.1 Å². The van der Waals surface area contributed by atoms with Gasteiger partial charge in [0.05, 0.1) is 7.11 Å². The van der Waals surface area contributed by atoms with Gasteiger partial charge in [0, 0.05) is 30.1 Å². The third-order valence-corrected chi connectivity index (χ3v) is 4.66. The molecule has 0 fully saturated rings. The molecule has 1 atom stereocenters. The standard InChI is InChI=1S/C18H20N4O4/c1-22-8-5-12-9-13-15(26-10-25-13)16(24-2)14(12)17(22)20-21-18(23)11-3-6-19-7-4-11/h3-4,6-7,9,17,20H,5,8,10H2,1-2H3,(H,21,23)/t17-/m1/s1. The highest BCUT2D eigenvalue weighted by Gasteiger charge is 2.34. The average molecular weight is 356 g/mol. The van der Waals surface area contributed by atoms with Gasteiger partial charge in [0.25, 0.3) is 5.91 Å². The van der Waals surface area contributed by atoms with Gasteiger partial charge in [0.2, 0.25) is 12.5 Å². The van der Waals surface area contributed by atoms with Gasteiger partial charge in [-0.3, -0.25) is 20.1 Å².